The van der Waals surface area contributed by atoms with E-state index in [1.165, 1.54) is 32.1 Å². The van der Waals surface area contributed by atoms with E-state index in [9.17, 15) is 5.11 Å². The summed E-state index contributed by atoms with van der Waals surface area (Å²) in [7, 11) is 0. The normalized spacial score (nSPS) is 26.7. The Labute approximate surface area is 125 Å². The monoisotopic (exact) mass is 285 g/mol. The summed E-state index contributed by atoms with van der Waals surface area (Å²) in [5.74, 6) is 2.03. The zero-order valence-corrected chi connectivity index (χ0v) is 13.9. The molecule has 120 valence electrons. The molecule has 0 aromatic heterocycles. The van der Waals surface area contributed by atoms with E-state index in [2.05, 4.69) is 33.0 Å². The van der Waals surface area contributed by atoms with Crippen LogP contribution in [0.4, 0.5) is 0 Å². The van der Waals surface area contributed by atoms with E-state index < -0.39 is 0 Å². The van der Waals surface area contributed by atoms with Gasteiger partial charge in [-0.3, -0.25) is 0 Å². The molecule has 1 aliphatic carbocycles. The van der Waals surface area contributed by atoms with Gasteiger partial charge in [-0.2, -0.15) is 0 Å². The molecule has 0 bridgehead atoms. The molecule has 0 aromatic carbocycles. The van der Waals surface area contributed by atoms with Crippen molar-refractivity contribution in [2.75, 3.05) is 19.7 Å². The second-order valence-electron chi connectivity index (χ2n) is 6.86. The summed E-state index contributed by atoms with van der Waals surface area (Å²) in [6.45, 7) is 11.0. The Morgan fingerprint density at radius 2 is 1.85 bits per heavy atom. The van der Waals surface area contributed by atoms with Crippen LogP contribution in [0, 0.1) is 17.8 Å². The summed E-state index contributed by atoms with van der Waals surface area (Å²) < 4.78 is 5.96. The van der Waals surface area contributed by atoms with E-state index in [1.54, 1.807) is 0 Å². The molecule has 4 atom stereocenters. The number of nitrogens with one attached hydrogen (secondary N) is 1. The lowest BCUT2D eigenvalue weighted by atomic mass is 9.85. The van der Waals surface area contributed by atoms with Crippen LogP contribution in [-0.2, 0) is 4.74 Å². The minimum absolute atomic E-state index is 0.373. The summed E-state index contributed by atoms with van der Waals surface area (Å²) in [4.78, 5) is 0. The molecule has 3 heteroatoms. The van der Waals surface area contributed by atoms with Crippen LogP contribution in [0.1, 0.15) is 59.8 Å². The molecule has 20 heavy (non-hydrogen) atoms. The summed E-state index contributed by atoms with van der Waals surface area (Å²) in [5, 5.41) is 13.4. The van der Waals surface area contributed by atoms with Crippen LogP contribution in [-0.4, -0.2) is 37.0 Å². The molecule has 4 unspecified atom stereocenters. The first-order chi connectivity index (χ1) is 9.54. The van der Waals surface area contributed by atoms with E-state index in [1.807, 2.05) is 0 Å². The fraction of sp³-hybridized carbons (Fsp3) is 1.00. The molecule has 1 rings (SSSR count). The van der Waals surface area contributed by atoms with Crippen molar-refractivity contribution in [2.45, 2.75) is 72.0 Å². The van der Waals surface area contributed by atoms with E-state index in [0.29, 0.717) is 37.0 Å². The van der Waals surface area contributed by atoms with Gasteiger partial charge in [-0.15, -0.1) is 0 Å². The number of hydrogen-bond donors (Lipinski definition) is 2. The fourth-order valence-corrected chi connectivity index (χ4v) is 2.87. The number of aliphatic hydroxyl groups is 1. The maximum atomic E-state index is 10.0. The highest BCUT2D eigenvalue weighted by Crippen LogP contribution is 2.29. The number of ether oxygens (including phenoxy) is 1. The Balaban J connectivity index is 2.14. The molecular formula is C17H35NO2. The average molecular weight is 285 g/mol. The van der Waals surface area contributed by atoms with Crippen molar-refractivity contribution in [1.82, 2.24) is 5.32 Å². The quantitative estimate of drug-likeness (QED) is 0.683. The predicted molar refractivity (Wildman–Crippen MR) is 84.9 cm³/mol. The molecule has 2 N–H and O–H groups in total. The Morgan fingerprint density at radius 3 is 2.50 bits per heavy atom. The van der Waals surface area contributed by atoms with E-state index in [4.69, 9.17) is 4.74 Å². The van der Waals surface area contributed by atoms with Gasteiger partial charge in [0.25, 0.3) is 0 Å². The van der Waals surface area contributed by atoms with Gasteiger partial charge in [0.15, 0.2) is 0 Å². The summed E-state index contributed by atoms with van der Waals surface area (Å²) in [6, 6.07) is 0. The lowest BCUT2D eigenvalue weighted by Crippen LogP contribution is -2.36. The lowest BCUT2D eigenvalue weighted by Gasteiger charge is -2.31. The second kappa shape index (κ2) is 9.75. The molecule has 0 heterocycles. The van der Waals surface area contributed by atoms with Gasteiger partial charge in [-0.25, -0.2) is 0 Å². The fourth-order valence-electron chi connectivity index (χ4n) is 2.87. The zero-order chi connectivity index (χ0) is 15.0. The van der Waals surface area contributed by atoms with Crippen LogP contribution >= 0.6 is 0 Å². The summed E-state index contributed by atoms with van der Waals surface area (Å²) >= 11 is 0. The molecule has 0 radical (unpaired) electrons. The van der Waals surface area contributed by atoms with Crippen molar-refractivity contribution in [3.63, 3.8) is 0 Å². The molecule has 0 aliphatic heterocycles. The average Bonchev–Trinajstić information content (AvgIpc) is 2.45. The first-order valence-corrected chi connectivity index (χ1v) is 8.54. The minimum Gasteiger partial charge on any atom is -0.389 e. The Morgan fingerprint density at radius 1 is 1.15 bits per heavy atom. The van der Waals surface area contributed by atoms with Crippen LogP contribution in [0.2, 0.25) is 0 Å². The standard InChI is InChI=1S/C17H35NO2/c1-5-15-8-6-7-9-17(15)20-12-16(19)11-18-10-14(4)13(2)3/h13-19H,5-12H2,1-4H3. The van der Waals surface area contributed by atoms with Gasteiger partial charge in [0.05, 0.1) is 18.8 Å². The SMILES string of the molecule is CCC1CCCCC1OCC(O)CNCC(C)C(C)C. The van der Waals surface area contributed by atoms with Crippen LogP contribution in [0.3, 0.4) is 0 Å². The molecule has 3 nitrogen and oxygen atoms in total. The van der Waals surface area contributed by atoms with Gasteiger partial charge in [0.1, 0.15) is 0 Å². The van der Waals surface area contributed by atoms with Crippen LogP contribution < -0.4 is 5.32 Å². The molecule has 1 aliphatic rings. The minimum atomic E-state index is -0.381. The Hall–Kier alpha value is -0.120. The predicted octanol–water partition coefficient (Wildman–Crippen LogP) is 3.21. The van der Waals surface area contributed by atoms with Crippen molar-refractivity contribution in [1.29, 1.82) is 0 Å². The van der Waals surface area contributed by atoms with Gasteiger partial charge in [0.2, 0.25) is 0 Å². The van der Waals surface area contributed by atoms with Crippen LogP contribution in [0.15, 0.2) is 0 Å². The molecule has 0 saturated heterocycles. The molecule has 0 amide bonds. The smallest absolute Gasteiger partial charge is 0.0897 e. The van der Waals surface area contributed by atoms with Gasteiger partial charge in [0, 0.05) is 6.54 Å². The topological polar surface area (TPSA) is 41.5 Å². The second-order valence-corrected chi connectivity index (χ2v) is 6.86. The first kappa shape index (κ1) is 17.9. The lowest BCUT2D eigenvalue weighted by molar-refractivity contribution is -0.0500. The van der Waals surface area contributed by atoms with E-state index in [0.717, 1.165) is 6.54 Å². The molecule has 1 fully saturated rings. The molecular weight excluding hydrogens is 250 g/mol. The highest BCUT2D eigenvalue weighted by molar-refractivity contribution is 4.75. The zero-order valence-electron chi connectivity index (χ0n) is 13.9. The number of aliphatic hydroxyl groups excluding tert-OH is 1. The van der Waals surface area contributed by atoms with Crippen LogP contribution in [0.5, 0.6) is 0 Å². The maximum absolute atomic E-state index is 10.0. The summed E-state index contributed by atoms with van der Waals surface area (Å²) in [5.41, 5.74) is 0. The van der Waals surface area contributed by atoms with Crippen molar-refractivity contribution >= 4 is 0 Å². The first-order valence-electron chi connectivity index (χ1n) is 8.54. The molecule has 0 spiro atoms. The Kier molecular flexibility index (Phi) is 8.74. The van der Waals surface area contributed by atoms with Gasteiger partial charge in [-0.1, -0.05) is 47.0 Å². The van der Waals surface area contributed by atoms with E-state index in [-0.39, 0.29) is 6.10 Å². The van der Waals surface area contributed by atoms with Crippen LogP contribution in [0.25, 0.3) is 0 Å². The number of rotatable bonds is 9. The van der Waals surface area contributed by atoms with Gasteiger partial charge >= 0.3 is 0 Å². The third kappa shape index (κ3) is 6.55. The van der Waals surface area contributed by atoms with Crippen molar-refractivity contribution in [2.24, 2.45) is 17.8 Å². The van der Waals surface area contributed by atoms with Crippen molar-refractivity contribution in [3.8, 4) is 0 Å². The highest BCUT2D eigenvalue weighted by Gasteiger charge is 2.24. The largest absolute Gasteiger partial charge is 0.389 e. The van der Waals surface area contributed by atoms with E-state index >= 15 is 0 Å². The summed E-state index contributed by atoms with van der Waals surface area (Å²) in [6.07, 6.45) is 6.28. The third-order valence-electron chi connectivity index (χ3n) is 4.85. The van der Waals surface area contributed by atoms with Crippen molar-refractivity contribution < 1.29 is 9.84 Å². The highest BCUT2D eigenvalue weighted by atomic mass is 16.5. The molecule has 0 aromatic rings. The Bertz CT molecular complexity index is 245. The third-order valence-corrected chi connectivity index (χ3v) is 4.85. The van der Waals surface area contributed by atoms with Gasteiger partial charge < -0.3 is 15.2 Å². The molecule has 1 saturated carbocycles. The number of hydrogen-bond acceptors (Lipinski definition) is 3. The van der Waals surface area contributed by atoms with Crippen molar-refractivity contribution in [3.05, 3.63) is 0 Å². The van der Waals surface area contributed by atoms with Gasteiger partial charge in [-0.05, 0) is 37.1 Å². The maximum Gasteiger partial charge on any atom is 0.0897 e.